The molecule has 0 unspecified atom stereocenters. The van der Waals surface area contributed by atoms with Crippen LogP contribution in [0.4, 0.5) is 0 Å². The van der Waals surface area contributed by atoms with Crippen LogP contribution in [0.25, 0.3) is 11.3 Å². The fourth-order valence-electron chi connectivity index (χ4n) is 1.09. The lowest BCUT2D eigenvalue weighted by Gasteiger charge is -1.98. The first kappa shape index (κ1) is 8.44. The number of rotatable bonds is 1. The van der Waals surface area contributed by atoms with Crippen LogP contribution in [0.15, 0.2) is 33.8 Å². The molecule has 0 atom stereocenters. The Morgan fingerprint density at radius 3 is 2.85 bits per heavy atom. The van der Waals surface area contributed by atoms with Crippen LogP contribution in [0.5, 0.6) is 0 Å². The van der Waals surface area contributed by atoms with E-state index < -0.39 is 0 Å². The van der Waals surface area contributed by atoms with Crippen molar-refractivity contribution in [2.24, 2.45) is 0 Å². The zero-order valence-corrected chi connectivity index (χ0v) is 8.58. The van der Waals surface area contributed by atoms with E-state index in [1.54, 1.807) is 12.5 Å². The quantitative estimate of drug-likeness (QED) is 0.718. The predicted molar refractivity (Wildman–Crippen MR) is 52.2 cm³/mol. The second kappa shape index (κ2) is 3.30. The Balaban J connectivity index is 2.53. The first-order valence-corrected chi connectivity index (χ1v) is 4.59. The number of furan rings is 1. The van der Waals surface area contributed by atoms with E-state index in [0.29, 0.717) is 4.73 Å². The minimum Gasteiger partial charge on any atom is -0.472 e. The molecule has 0 bridgehead atoms. The fourth-order valence-corrected chi connectivity index (χ4v) is 1.56. The van der Waals surface area contributed by atoms with E-state index >= 15 is 0 Å². The van der Waals surface area contributed by atoms with Crippen molar-refractivity contribution in [2.45, 2.75) is 6.92 Å². The lowest BCUT2D eigenvalue weighted by atomic mass is 10.2. The Morgan fingerprint density at radius 1 is 1.38 bits per heavy atom. The third kappa shape index (κ3) is 1.78. The molecule has 2 rings (SSSR count). The summed E-state index contributed by atoms with van der Waals surface area (Å²) in [7, 11) is 0. The minimum absolute atomic E-state index is 0.601. The van der Waals surface area contributed by atoms with Crippen LogP contribution in [0.1, 0.15) is 5.69 Å². The van der Waals surface area contributed by atoms with Gasteiger partial charge in [0.15, 0.2) is 4.73 Å². The van der Waals surface area contributed by atoms with E-state index in [-0.39, 0.29) is 0 Å². The monoisotopic (exact) mass is 238 g/mol. The SMILES string of the molecule is Cc1cc(-c2ccoc2)nc(Br)n1. The summed E-state index contributed by atoms with van der Waals surface area (Å²) in [5.41, 5.74) is 2.76. The molecule has 0 aromatic carbocycles. The molecule has 0 aliphatic heterocycles. The van der Waals surface area contributed by atoms with Crippen molar-refractivity contribution in [1.29, 1.82) is 0 Å². The molecule has 13 heavy (non-hydrogen) atoms. The molecule has 0 spiro atoms. The van der Waals surface area contributed by atoms with Gasteiger partial charge in [0.1, 0.15) is 0 Å². The normalized spacial score (nSPS) is 10.3. The maximum Gasteiger partial charge on any atom is 0.197 e. The summed E-state index contributed by atoms with van der Waals surface area (Å²) >= 11 is 3.25. The molecule has 66 valence electrons. The Hall–Kier alpha value is -1.16. The third-order valence-electron chi connectivity index (χ3n) is 1.64. The van der Waals surface area contributed by atoms with Gasteiger partial charge in [0.2, 0.25) is 0 Å². The Kier molecular flexibility index (Phi) is 2.14. The molecule has 0 aliphatic rings. The summed E-state index contributed by atoms with van der Waals surface area (Å²) in [5, 5.41) is 0. The molecule has 0 N–H and O–H groups in total. The van der Waals surface area contributed by atoms with Gasteiger partial charge >= 0.3 is 0 Å². The van der Waals surface area contributed by atoms with Crippen LogP contribution in [0.3, 0.4) is 0 Å². The molecular weight excluding hydrogens is 232 g/mol. The van der Waals surface area contributed by atoms with Crippen molar-refractivity contribution in [3.63, 3.8) is 0 Å². The van der Waals surface area contributed by atoms with Crippen LogP contribution < -0.4 is 0 Å². The first-order chi connectivity index (χ1) is 6.25. The highest BCUT2D eigenvalue weighted by Gasteiger charge is 2.03. The summed E-state index contributed by atoms with van der Waals surface area (Å²) in [6.45, 7) is 1.93. The van der Waals surface area contributed by atoms with Gasteiger partial charge in [0, 0.05) is 11.3 Å². The fraction of sp³-hybridized carbons (Fsp3) is 0.111. The molecule has 2 heterocycles. The highest BCUT2D eigenvalue weighted by Crippen LogP contribution is 2.19. The van der Waals surface area contributed by atoms with E-state index in [1.165, 1.54) is 0 Å². The largest absolute Gasteiger partial charge is 0.472 e. The Bertz CT molecular complexity index is 391. The van der Waals surface area contributed by atoms with E-state index in [2.05, 4.69) is 25.9 Å². The summed E-state index contributed by atoms with van der Waals surface area (Å²) in [6, 6.07) is 3.78. The van der Waals surface area contributed by atoms with Crippen molar-refractivity contribution in [1.82, 2.24) is 9.97 Å². The number of aromatic nitrogens is 2. The summed E-state index contributed by atoms with van der Waals surface area (Å²) in [6.07, 6.45) is 3.29. The van der Waals surface area contributed by atoms with Gasteiger partial charge in [-0.05, 0) is 35.0 Å². The smallest absolute Gasteiger partial charge is 0.197 e. The summed E-state index contributed by atoms with van der Waals surface area (Å²) < 4.78 is 5.57. The van der Waals surface area contributed by atoms with E-state index in [0.717, 1.165) is 17.0 Å². The van der Waals surface area contributed by atoms with Crippen molar-refractivity contribution < 1.29 is 4.42 Å². The third-order valence-corrected chi connectivity index (χ3v) is 2.00. The van der Waals surface area contributed by atoms with Crippen molar-refractivity contribution in [2.75, 3.05) is 0 Å². The Morgan fingerprint density at radius 2 is 2.23 bits per heavy atom. The van der Waals surface area contributed by atoms with Crippen LogP contribution in [0, 0.1) is 6.92 Å². The number of aryl methyl sites for hydroxylation is 1. The minimum atomic E-state index is 0.601. The predicted octanol–water partition coefficient (Wildman–Crippen LogP) is 2.81. The van der Waals surface area contributed by atoms with Gasteiger partial charge in [-0.15, -0.1) is 0 Å². The van der Waals surface area contributed by atoms with Gasteiger partial charge in [-0.1, -0.05) is 0 Å². The molecule has 2 aromatic rings. The maximum atomic E-state index is 4.97. The van der Waals surface area contributed by atoms with Crippen LogP contribution >= 0.6 is 15.9 Å². The zero-order valence-electron chi connectivity index (χ0n) is 6.99. The van der Waals surface area contributed by atoms with E-state index in [4.69, 9.17) is 4.42 Å². The second-order valence-electron chi connectivity index (χ2n) is 2.68. The number of nitrogens with zero attached hydrogens (tertiary/aromatic N) is 2. The number of hydrogen-bond donors (Lipinski definition) is 0. The maximum absolute atomic E-state index is 4.97. The number of hydrogen-bond acceptors (Lipinski definition) is 3. The highest BCUT2D eigenvalue weighted by atomic mass is 79.9. The van der Waals surface area contributed by atoms with Crippen molar-refractivity contribution >= 4 is 15.9 Å². The standard InChI is InChI=1S/C9H7BrN2O/c1-6-4-8(12-9(10)11-6)7-2-3-13-5-7/h2-5H,1H3. The molecule has 0 saturated heterocycles. The molecule has 0 amide bonds. The Labute approximate surface area is 84.0 Å². The molecule has 0 fully saturated rings. The molecule has 4 heteroatoms. The van der Waals surface area contributed by atoms with Gasteiger partial charge in [0.25, 0.3) is 0 Å². The molecule has 0 radical (unpaired) electrons. The first-order valence-electron chi connectivity index (χ1n) is 3.79. The van der Waals surface area contributed by atoms with Crippen LogP contribution in [0.2, 0.25) is 0 Å². The highest BCUT2D eigenvalue weighted by molar-refractivity contribution is 9.10. The number of halogens is 1. The van der Waals surface area contributed by atoms with Gasteiger partial charge < -0.3 is 4.42 Å². The molecular formula is C9H7BrN2O. The summed E-state index contributed by atoms with van der Waals surface area (Å²) in [5.74, 6) is 0. The molecule has 3 nitrogen and oxygen atoms in total. The topological polar surface area (TPSA) is 38.9 Å². The van der Waals surface area contributed by atoms with Crippen LogP contribution in [-0.4, -0.2) is 9.97 Å². The lowest BCUT2D eigenvalue weighted by molar-refractivity contribution is 0.568. The molecule has 2 aromatic heterocycles. The average molecular weight is 239 g/mol. The lowest BCUT2D eigenvalue weighted by Crippen LogP contribution is -1.89. The van der Waals surface area contributed by atoms with Crippen molar-refractivity contribution in [3.8, 4) is 11.3 Å². The average Bonchev–Trinajstić information content (AvgIpc) is 2.53. The zero-order chi connectivity index (χ0) is 9.26. The summed E-state index contributed by atoms with van der Waals surface area (Å²) in [4.78, 5) is 8.34. The van der Waals surface area contributed by atoms with E-state index in [9.17, 15) is 0 Å². The van der Waals surface area contributed by atoms with Crippen molar-refractivity contribution in [3.05, 3.63) is 35.1 Å². The second-order valence-corrected chi connectivity index (χ2v) is 3.38. The molecule has 0 aliphatic carbocycles. The molecule has 0 saturated carbocycles. The van der Waals surface area contributed by atoms with Gasteiger partial charge in [-0.25, -0.2) is 9.97 Å². The van der Waals surface area contributed by atoms with Gasteiger partial charge in [-0.3, -0.25) is 0 Å². The van der Waals surface area contributed by atoms with E-state index in [1.807, 2.05) is 19.1 Å². The van der Waals surface area contributed by atoms with Crippen LogP contribution in [-0.2, 0) is 0 Å². The van der Waals surface area contributed by atoms with Gasteiger partial charge in [0.05, 0.1) is 18.2 Å². The van der Waals surface area contributed by atoms with Gasteiger partial charge in [-0.2, -0.15) is 0 Å².